The van der Waals surface area contributed by atoms with Gasteiger partial charge in [0.05, 0.1) is 5.41 Å². The highest BCUT2D eigenvalue weighted by Gasteiger charge is 2.71. The van der Waals surface area contributed by atoms with Crippen molar-refractivity contribution in [1.82, 2.24) is 15.2 Å². The van der Waals surface area contributed by atoms with Crippen LogP contribution in [0.1, 0.15) is 51.7 Å². The monoisotopic (exact) mass is 550 g/mol. The van der Waals surface area contributed by atoms with E-state index in [4.69, 9.17) is 0 Å². The Hall–Kier alpha value is -2.91. The van der Waals surface area contributed by atoms with Crippen molar-refractivity contribution in [2.75, 3.05) is 16.8 Å². The molecule has 0 radical (unpaired) electrons. The van der Waals surface area contributed by atoms with Gasteiger partial charge in [0.15, 0.2) is 10.2 Å². The fourth-order valence-corrected chi connectivity index (χ4v) is 8.50. The van der Waals surface area contributed by atoms with Gasteiger partial charge < -0.3 is 15.6 Å². The Morgan fingerprint density at radius 3 is 2.55 bits per heavy atom. The third-order valence-corrected chi connectivity index (χ3v) is 10.0. The van der Waals surface area contributed by atoms with E-state index in [0.717, 1.165) is 27.7 Å². The number of aromatic nitrogens is 1. The molecule has 200 valence electrons. The van der Waals surface area contributed by atoms with E-state index in [-0.39, 0.29) is 17.6 Å². The Bertz CT molecular complexity index is 1390. The number of ketones is 1. The number of benzene rings is 2. The molecule has 2 fully saturated rings. The van der Waals surface area contributed by atoms with Gasteiger partial charge in [-0.25, -0.2) is 0 Å². The van der Waals surface area contributed by atoms with Crippen molar-refractivity contribution in [3.05, 3.63) is 65.9 Å². The quantitative estimate of drug-likeness (QED) is 0.380. The molecule has 3 aliphatic heterocycles. The molecule has 4 heterocycles. The summed E-state index contributed by atoms with van der Waals surface area (Å²) in [6.07, 6.45) is 2.37. The van der Waals surface area contributed by atoms with E-state index in [1.54, 1.807) is 6.92 Å². The van der Waals surface area contributed by atoms with E-state index in [9.17, 15) is 14.4 Å². The molecule has 2 amide bonds. The minimum atomic E-state index is -1.12. The first kappa shape index (κ1) is 26.7. The summed E-state index contributed by atoms with van der Waals surface area (Å²) in [5.74, 6) is 0.996. The Balaban J connectivity index is 0.00000144. The molecule has 0 bridgehead atoms. The van der Waals surface area contributed by atoms with Crippen LogP contribution in [0, 0.1) is 0 Å². The second-order valence-corrected chi connectivity index (χ2v) is 12.3. The highest BCUT2D eigenvalue weighted by Crippen LogP contribution is 2.62. The number of Topliss-reactive ketones (excluding diaryl/α,β-unsaturated/α-hetero) is 1. The number of piperazine rings is 1. The third kappa shape index (κ3) is 3.85. The Morgan fingerprint density at radius 1 is 1.05 bits per heavy atom. The largest absolute Gasteiger partial charge is 0.364 e. The van der Waals surface area contributed by atoms with Crippen molar-refractivity contribution in [2.24, 2.45) is 0 Å². The standard InChI is InChI=1S/C27H28N4O3S2.C2H6/c1-3-35-22-23(33)31-24-26(18-9-5-7-11-21(18)29-24,19-14-28-20-10-6-4-8-17(19)20)15-27(31,25(34)30-22)36-13-12-16(2)32;1-2/h4-11,14,22,24,28-29H,3,12-13,15H2,1-2H3,(H,30,34);1-2H3/t22?,24-,26-,27?;/m1./s1. The Morgan fingerprint density at radius 2 is 1.79 bits per heavy atom. The molecule has 3 aliphatic rings. The Labute approximate surface area is 231 Å². The molecule has 3 N–H and O–H groups in total. The fourth-order valence-electron chi connectivity index (χ4n) is 6.14. The van der Waals surface area contributed by atoms with Gasteiger partial charge in [0.1, 0.15) is 11.9 Å². The van der Waals surface area contributed by atoms with Gasteiger partial charge in [0, 0.05) is 41.4 Å². The van der Waals surface area contributed by atoms with Crippen LogP contribution in [0.2, 0.25) is 0 Å². The molecular weight excluding hydrogens is 516 g/mol. The number of anilines is 1. The number of aromatic amines is 1. The van der Waals surface area contributed by atoms with Crippen LogP contribution in [0.5, 0.6) is 0 Å². The molecular formula is C29H34N4O3S2. The second-order valence-electron chi connectivity index (χ2n) is 9.59. The summed E-state index contributed by atoms with van der Waals surface area (Å²) in [6, 6.07) is 16.3. The van der Waals surface area contributed by atoms with Crippen LogP contribution in [-0.2, 0) is 19.8 Å². The molecule has 2 unspecified atom stereocenters. The summed E-state index contributed by atoms with van der Waals surface area (Å²) in [6.45, 7) is 7.54. The fraction of sp³-hybridized carbons (Fsp3) is 0.414. The number of nitrogens with one attached hydrogen (secondary N) is 3. The smallest absolute Gasteiger partial charge is 0.258 e. The summed E-state index contributed by atoms with van der Waals surface area (Å²) in [5.41, 5.74) is 3.51. The predicted molar refractivity (Wildman–Crippen MR) is 156 cm³/mol. The summed E-state index contributed by atoms with van der Waals surface area (Å²) in [5, 5.41) is 7.12. The first-order valence-electron chi connectivity index (χ1n) is 13.2. The molecule has 2 saturated heterocycles. The molecule has 0 saturated carbocycles. The second kappa shape index (κ2) is 10.3. The van der Waals surface area contributed by atoms with Gasteiger partial charge in [0.2, 0.25) is 0 Å². The molecule has 2 aromatic carbocycles. The summed E-state index contributed by atoms with van der Waals surface area (Å²) < 4.78 is 0. The molecule has 9 heteroatoms. The molecule has 0 spiro atoms. The number of carbonyl (C=O) groups is 3. The highest BCUT2D eigenvalue weighted by molar-refractivity contribution is 8.01. The van der Waals surface area contributed by atoms with E-state index >= 15 is 0 Å². The maximum atomic E-state index is 14.1. The first-order chi connectivity index (χ1) is 18.4. The van der Waals surface area contributed by atoms with E-state index < -0.39 is 21.8 Å². The molecule has 0 aliphatic carbocycles. The summed E-state index contributed by atoms with van der Waals surface area (Å²) >= 11 is 2.86. The van der Waals surface area contributed by atoms with Crippen molar-refractivity contribution in [3.63, 3.8) is 0 Å². The molecule has 4 atom stereocenters. The van der Waals surface area contributed by atoms with E-state index in [0.29, 0.717) is 24.3 Å². The van der Waals surface area contributed by atoms with Crippen LogP contribution >= 0.6 is 23.5 Å². The van der Waals surface area contributed by atoms with Crippen LogP contribution in [0.25, 0.3) is 10.9 Å². The lowest BCUT2D eigenvalue weighted by molar-refractivity contribution is -0.147. The predicted octanol–water partition coefficient (Wildman–Crippen LogP) is 5.08. The number of amides is 2. The summed E-state index contributed by atoms with van der Waals surface area (Å²) in [4.78, 5) is 43.9. The van der Waals surface area contributed by atoms with Crippen molar-refractivity contribution >= 4 is 57.7 Å². The van der Waals surface area contributed by atoms with Gasteiger partial charge >= 0.3 is 0 Å². The summed E-state index contributed by atoms with van der Waals surface area (Å²) in [7, 11) is 0. The first-order valence-corrected chi connectivity index (χ1v) is 15.3. The van der Waals surface area contributed by atoms with E-state index in [1.165, 1.54) is 23.5 Å². The lowest BCUT2D eigenvalue weighted by Crippen LogP contribution is -2.68. The van der Waals surface area contributed by atoms with Crippen molar-refractivity contribution in [2.45, 2.75) is 62.4 Å². The van der Waals surface area contributed by atoms with Gasteiger partial charge in [0.25, 0.3) is 11.8 Å². The number of nitrogens with zero attached hydrogens (tertiary/aromatic N) is 1. The number of fused-ring (bicyclic) bond motifs is 6. The minimum Gasteiger partial charge on any atom is -0.364 e. The van der Waals surface area contributed by atoms with Crippen LogP contribution in [0.15, 0.2) is 54.7 Å². The number of hydrogen-bond donors (Lipinski definition) is 3. The maximum absolute atomic E-state index is 14.1. The minimum absolute atomic E-state index is 0.0698. The molecule has 38 heavy (non-hydrogen) atoms. The average molecular weight is 551 g/mol. The molecule has 3 aromatic rings. The molecule has 1 aromatic heterocycles. The topological polar surface area (TPSA) is 94.3 Å². The lowest BCUT2D eigenvalue weighted by atomic mass is 9.72. The van der Waals surface area contributed by atoms with Crippen molar-refractivity contribution in [1.29, 1.82) is 0 Å². The van der Waals surface area contributed by atoms with Gasteiger partial charge in [-0.3, -0.25) is 19.3 Å². The zero-order valence-electron chi connectivity index (χ0n) is 22.2. The SMILES string of the molecule is CC.CCSC1NC(=O)C2(SCCC(C)=O)C[C@]3(c4c[nH]c5ccccc45)c4ccccc4N[C@@H]3N2C1=O. The number of rotatable bonds is 7. The number of hydrogen-bond acceptors (Lipinski definition) is 6. The highest BCUT2D eigenvalue weighted by atomic mass is 32.2. The van der Waals surface area contributed by atoms with Gasteiger partial charge in [-0.05, 0) is 35.9 Å². The van der Waals surface area contributed by atoms with Crippen LogP contribution in [0.4, 0.5) is 5.69 Å². The van der Waals surface area contributed by atoms with Gasteiger partial charge in [-0.15, -0.1) is 23.5 Å². The third-order valence-electron chi connectivity index (χ3n) is 7.61. The number of H-pyrrole nitrogens is 1. The van der Waals surface area contributed by atoms with Crippen LogP contribution < -0.4 is 10.6 Å². The maximum Gasteiger partial charge on any atom is 0.258 e. The zero-order chi connectivity index (χ0) is 27.1. The number of thioether (sulfide) groups is 2. The van der Waals surface area contributed by atoms with Crippen molar-refractivity contribution in [3.8, 4) is 0 Å². The van der Waals surface area contributed by atoms with E-state index in [2.05, 4.69) is 27.8 Å². The average Bonchev–Trinajstić information content (AvgIpc) is 3.57. The number of carbonyl (C=O) groups excluding carboxylic acids is 3. The normalized spacial score (nSPS) is 27.1. The molecule has 7 nitrogen and oxygen atoms in total. The van der Waals surface area contributed by atoms with E-state index in [1.807, 2.05) is 68.3 Å². The Kier molecular flexibility index (Phi) is 7.26. The van der Waals surface area contributed by atoms with Crippen LogP contribution in [-0.4, -0.2) is 55.4 Å². The number of para-hydroxylation sites is 2. The zero-order valence-corrected chi connectivity index (χ0v) is 23.8. The van der Waals surface area contributed by atoms with Crippen LogP contribution in [0.3, 0.4) is 0 Å². The van der Waals surface area contributed by atoms with Gasteiger partial charge in [-0.2, -0.15) is 0 Å². The van der Waals surface area contributed by atoms with Crippen molar-refractivity contribution < 1.29 is 14.4 Å². The van der Waals surface area contributed by atoms with Gasteiger partial charge in [-0.1, -0.05) is 57.2 Å². The lowest BCUT2D eigenvalue weighted by Gasteiger charge is -2.45. The molecule has 6 rings (SSSR count).